The van der Waals surface area contributed by atoms with Crippen molar-refractivity contribution in [2.24, 2.45) is 45.1 Å². The number of rotatable bonds is 0. The van der Waals surface area contributed by atoms with Gasteiger partial charge in [0.25, 0.3) is 0 Å². The van der Waals surface area contributed by atoms with E-state index in [0.717, 1.165) is 37.5 Å². The van der Waals surface area contributed by atoms with Crippen LogP contribution in [0.2, 0.25) is 0 Å². The van der Waals surface area contributed by atoms with Gasteiger partial charge >= 0.3 is 0 Å². The Bertz CT molecular complexity index is 767. The van der Waals surface area contributed by atoms with Crippen LogP contribution in [0.15, 0.2) is 11.6 Å². The Hall–Kier alpha value is -0.370. The lowest BCUT2D eigenvalue weighted by molar-refractivity contribution is -0.158. The summed E-state index contributed by atoms with van der Waals surface area (Å²) in [5.74, 6) is 2.04. The molecule has 5 rings (SSSR count). The summed E-state index contributed by atoms with van der Waals surface area (Å²) in [5.41, 5.74) is 7.89. The molecule has 0 bridgehead atoms. The molecule has 5 aliphatic rings. The number of allylic oxidation sites excluding steroid dienone is 1. The first-order chi connectivity index (χ1) is 13.8. The third-order valence-corrected chi connectivity index (χ3v) is 11.7. The second kappa shape index (κ2) is 6.15. The Morgan fingerprint density at radius 2 is 1.57 bits per heavy atom. The zero-order valence-electron chi connectivity index (χ0n) is 20.5. The number of hydrogen-bond acceptors (Lipinski definition) is 1. The second-order valence-electron chi connectivity index (χ2n) is 14.3. The number of fused-ring (bicyclic) bond motifs is 7. The first kappa shape index (κ1) is 21.5. The molecule has 1 nitrogen and oxygen atoms in total. The van der Waals surface area contributed by atoms with Crippen molar-refractivity contribution in [3.05, 3.63) is 11.6 Å². The number of halogens is 1. The van der Waals surface area contributed by atoms with Crippen LogP contribution in [0.5, 0.6) is 0 Å². The minimum absolute atomic E-state index is 0.141. The molecule has 0 amide bonds. The SMILES string of the molecule is CC1(C)CCC2(F)CCC3C(=CCC4C3(C)CCC3C(C)(C)CCCC34C)C2(N)C1. The molecule has 2 heteroatoms. The molecule has 0 aromatic heterocycles. The highest BCUT2D eigenvalue weighted by Gasteiger charge is 2.67. The van der Waals surface area contributed by atoms with E-state index in [2.05, 4.69) is 47.6 Å². The van der Waals surface area contributed by atoms with Gasteiger partial charge in [0.1, 0.15) is 5.67 Å². The van der Waals surface area contributed by atoms with Crippen LogP contribution in [0.25, 0.3) is 0 Å². The summed E-state index contributed by atoms with van der Waals surface area (Å²) in [6, 6.07) is 0. The van der Waals surface area contributed by atoms with Crippen molar-refractivity contribution in [2.45, 2.75) is 123 Å². The van der Waals surface area contributed by atoms with Crippen molar-refractivity contribution < 1.29 is 4.39 Å². The number of alkyl halides is 1. The summed E-state index contributed by atoms with van der Waals surface area (Å²) in [5, 5.41) is 0. The fraction of sp³-hybridized carbons (Fsp3) is 0.929. The third kappa shape index (κ3) is 2.61. The van der Waals surface area contributed by atoms with Gasteiger partial charge in [-0.15, -0.1) is 0 Å². The maximum absolute atomic E-state index is 16.3. The molecule has 0 aromatic carbocycles. The highest BCUT2D eigenvalue weighted by atomic mass is 19.1. The summed E-state index contributed by atoms with van der Waals surface area (Å²) in [4.78, 5) is 0. The molecule has 5 aliphatic carbocycles. The molecule has 30 heavy (non-hydrogen) atoms. The predicted molar refractivity (Wildman–Crippen MR) is 124 cm³/mol. The molecule has 7 unspecified atom stereocenters. The van der Waals surface area contributed by atoms with Gasteiger partial charge in [-0.3, -0.25) is 0 Å². The quantitative estimate of drug-likeness (QED) is 0.405. The van der Waals surface area contributed by atoms with Gasteiger partial charge in [0.2, 0.25) is 0 Å². The van der Waals surface area contributed by atoms with Crippen molar-refractivity contribution in [1.29, 1.82) is 0 Å². The first-order valence-corrected chi connectivity index (χ1v) is 13.0. The van der Waals surface area contributed by atoms with Gasteiger partial charge < -0.3 is 5.73 Å². The van der Waals surface area contributed by atoms with E-state index in [1.54, 1.807) is 0 Å². The monoisotopic (exact) mass is 415 g/mol. The van der Waals surface area contributed by atoms with Crippen molar-refractivity contribution in [1.82, 2.24) is 0 Å². The molecule has 7 atom stereocenters. The normalized spacial score (nSPS) is 54.1. The van der Waals surface area contributed by atoms with E-state index >= 15 is 4.39 Å². The van der Waals surface area contributed by atoms with Crippen LogP contribution in [0, 0.1) is 39.4 Å². The number of hydrogen-bond donors (Lipinski definition) is 1. The molecule has 0 aromatic rings. The van der Waals surface area contributed by atoms with Crippen molar-refractivity contribution in [3.8, 4) is 0 Å². The standard InChI is InChI=1S/C28H46FN/c1-23(2)16-17-27(29)15-10-19-20(28(27,30)18-23)8-9-22-25(19,5)14-11-21-24(3,4)12-7-13-26(21,22)6/h8,19,21-22H,7,9-18,30H2,1-6H3. The van der Waals surface area contributed by atoms with E-state index < -0.39 is 11.2 Å². The topological polar surface area (TPSA) is 26.0 Å². The Morgan fingerprint density at radius 1 is 0.833 bits per heavy atom. The molecule has 2 N–H and O–H groups in total. The van der Waals surface area contributed by atoms with Gasteiger partial charge in [0.15, 0.2) is 0 Å². The average molecular weight is 416 g/mol. The number of nitrogens with two attached hydrogens (primary N) is 1. The summed E-state index contributed by atoms with van der Waals surface area (Å²) in [6.07, 6.45) is 14.5. The highest BCUT2D eigenvalue weighted by Crippen LogP contribution is 2.71. The van der Waals surface area contributed by atoms with Gasteiger partial charge in [0, 0.05) is 0 Å². The van der Waals surface area contributed by atoms with E-state index in [9.17, 15) is 0 Å². The Kier molecular flexibility index (Phi) is 4.40. The van der Waals surface area contributed by atoms with Crippen LogP contribution in [-0.2, 0) is 0 Å². The van der Waals surface area contributed by atoms with Gasteiger partial charge in [-0.25, -0.2) is 4.39 Å². The first-order valence-electron chi connectivity index (χ1n) is 13.0. The average Bonchev–Trinajstić information content (AvgIpc) is 2.61. The van der Waals surface area contributed by atoms with E-state index in [-0.39, 0.29) is 10.8 Å². The van der Waals surface area contributed by atoms with E-state index in [4.69, 9.17) is 5.73 Å². The zero-order valence-corrected chi connectivity index (χ0v) is 20.5. The van der Waals surface area contributed by atoms with E-state index in [0.29, 0.717) is 29.6 Å². The minimum Gasteiger partial charge on any atom is -0.319 e. The van der Waals surface area contributed by atoms with Gasteiger partial charge in [-0.05, 0) is 109 Å². The Labute approximate surface area is 184 Å². The second-order valence-corrected chi connectivity index (χ2v) is 14.3. The summed E-state index contributed by atoms with van der Waals surface area (Å²) in [7, 11) is 0. The van der Waals surface area contributed by atoms with Crippen LogP contribution in [0.4, 0.5) is 4.39 Å². The third-order valence-electron chi connectivity index (χ3n) is 11.7. The molecule has 0 aliphatic heterocycles. The molecule has 0 saturated heterocycles. The van der Waals surface area contributed by atoms with E-state index in [1.807, 2.05) is 0 Å². The van der Waals surface area contributed by atoms with Gasteiger partial charge in [-0.2, -0.15) is 0 Å². The molecule has 4 saturated carbocycles. The molecule has 170 valence electrons. The zero-order chi connectivity index (χ0) is 21.8. The largest absolute Gasteiger partial charge is 0.319 e. The van der Waals surface area contributed by atoms with Gasteiger partial charge in [0.05, 0.1) is 5.54 Å². The van der Waals surface area contributed by atoms with Gasteiger partial charge in [-0.1, -0.05) is 54.0 Å². The lowest BCUT2D eigenvalue weighted by atomic mass is 9.37. The van der Waals surface area contributed by atoms with Crippen molar-refractivity contribution >= 4 is 0 Å². The van der Waals surface area contributed by atoms with Crippen LogP contribution < -0.4 is 5.73 Å². The predicted octanol–water partition coefficient (Wildman–Crippen LogP) is 7.59. The smallest absolute Gasteiger partial charge is 0.132 e. The van der Waals surface area contributed by atoms with E-state index in [1.165, 1.54) is 37.7 Å². The fourth-order valence-corrected chi connectivity index (χ4v) is 10.2. The molecule has 0 spiro atoms. The van der Waals surface area contributed by atoms with Crippen LogP contribution in [-0.4, -0.2) is 11.2 Å². The van der Waals surface area contributed by atoms with Crippen LogP contribution >= 0.6 is 0 Å². The lowest BCUT2D eigenvalue weighted by Gasteiger charge is -2.68. The molecule has 4 fully saturated rings. The summed E-state index contributed by atoms with van der Waals surface area (Å²) in [6.45, 7) is 14.9. The summed E-state index contributed by atoms with van der Waals surface area (Å²) >= 11 is 0. The maximum atomic E-state index is 16.3. The van der Waals surface area contributed by atoms with Crippen LogP contribution in [0.3, 0.4) is 0 Å². The summed E-state index contributed by atoms with van der Waals surface area (Å²) < 4.78 is 16.3. The highest BCUT2D eigenvalue weighted by molar-refractivity contribution is 5.38. The van der Waals surface area contributed by atoms with Crippen molar-refractivity contribution in [2.75, 3.05) is 0 Å². The lowest BCUT2D eigenvalue weighted by Crippen LogP contribution is -2.69. The maximum Gasteiger partial charge on any atom is 0.132 e. The minimum atomic E-state index is -1.19. The Morgan fingerprint density at radius 3 is 2.30 bits per heavy atom. The molecular weight excluding hydrogens is 369 g/mol. The Balaban J connectivity index is 1.57. The molecule has 0 radical (unpaired) electrons. The van der Waals surface area contributed by atoms with Crippen molar-refractivity contribution in [3.63, 3.8) is 0 Å². The molecule has 0 heterocycles. The van der Waals surface area contributed by atoms with Crippen LogP contribution in [0.1, 0.15) is 112 Å². The molecular formula is C28H46FN. The fourth-order valence-electron chi connectivity index (χ4n) is 10.2.